The van der Waals surface area contributed by atoms with E-state index in [1.165, 1.54) is 19.1 Å². The maximum absolute atomic E-state index is 13.1. The van der Waals surface area contributed by atoms with E-state index in [4.69, 9.17) is 11.6 Å². The maximum Gasteiger partial charge on any atom is 0.249 e. The van der Waals surface area contributed by atoms with E-state index in [2.05, 4.69) is 20.8 Å². The molecule has 0 aliphatic rings. The predicted molar refractivity (Wildman–Crippen MR) is 111 cm³/mol. The van der Waals surface area contributed by atoms with Crippen LogP contribution < -0.4 is 10.6 Å². The SMILES string of the molecule is CC(Cl)C(=O)NC(Cc1ccccc1)C(=O)Nc1nnc(-c2ccc(F)cc2)s1. The highest BCUT2D eigenvalue weighted by Gasteiger charge is 2.24. The van der Waals surface area contributed by atoms with E-state index in [0.717, 1.165) is 16.9 Å². The molecule has 29 heavy (non-hydrogen) atoms. The van der Waals surface area contributed by atoms with Gasteiger partial charge in [0.25, 0.3) is 0 Å². The zero-order valence-corrected chi connectivity index (χ0v) is 17.0. The van der Waals surface area contributed by atoms with Crippen LogP contribution in [0.3, 0.4) is 0 Å². The molecule has 0 saturated heterocycles. The monoisotopic (exact) mass is 432 g/mol. The number of anilines is 1. The quantitative estimate of drug-likeness (QED) is 0.558. The van der Waals surface area contributed by atoms with Gasteiger partial charge in [0.15, 0.2) is 0 Å². The van der Waals surface area contributed by atoms with Crippen molar-refractivity contribution in [3.05, 3.63) is 66.0 Å². The second kappa shape index (κ2) is 9.58. The topological polar surface area (TPSA) is 84.0 Å². The van der Waals surface area contributed by atoms with E-state index >= 15 is 0 Å². The van der Waals surface area contributed by atoms with Gasteiger partial charge in [-0.2, -0.15) is 0 Å². The third kappa shape index (κ3) is 5.82. The van der Waals surface area contributed by atoms with Gasteiger partial charge in [0.05, 0.1) is 0 Å². The van der Waals surface area contributed by atoms with Crippen molar-refractivity contribution in [3.8, 4) is 10.6 Å². The first-order valence-corrected chi connectivity index (χ1v) is 10.1. The molecule has 3 aromatic rings. The lowest BCUT2D eigenvalue weighted by molar-refractivity contribution is -0.126. The summed E-state index contributed by atoms with van der Waals surface area (Å²) in [6.45, 7) is 1.54. The summed E-state index contributed by atoms with van der Waals surface area (Å²) in [5, 5.41) is 13.4. The molecule has 2 N–H and O–H groups in total. The molecule has 0 radical (unpaired) electrons. The van der Waals surface area contributed by atoms with E-state index < -0.39 is 23.2 Å². The molecular weight excluding hydrogens is 415 g/mol. The number of hydrogen-bond acceptors (Lipinski definition) is 5. The van der Waals surface area contributed by atoms with Gasteiger partial charge >= 0.3 is 0 Å². The number of amides is 2. The average molecular weight is 433 g/mol. The molecule has 3 rings (SSSR count). The Hall–Kier alpha value is -2.84. The fraction of sp³-hybridized carbons (Fsp3) is 0.200. The van der Waals surface area contributed by atoms with Crippen molar-refractivity contribution < 1.29 is 14.0 Å². The van der Waals surface area contributed by atoms with Crippen LogP contribution in [-0.2, 0) is 16.0 Å². The van der Waals surface area contributed by atoms with E-state index in [1.807, 2.05) is 30.3 Å². The second-order valence-electron chi connectivity index (χ2n) is 6.28. The number of carbonyl (C=O) groups is 2. The number of nitrogens with zero attached hydrogens (tertiary/aromatic N) is 2. The van der Waals surface area contributed by atoms with Gasteiger partial charge in [-0.1, -0.05) is 41.7 Å². The molecule has 0 fully saturated rings. The molecule has 2 aromatic carbocycles. The van der Waals surface area contributed by atoms with Crippen LogP contribution in [0.25, 0.3) is 10.6 Å². The summed E-state index contributed by atoms with van der Waals surface area (Å²) in [5.74, 6) is -1.21. The molecule has 0 spiro atoms. The third-order valence-corrected chi connectivity index (χ3v) is 5.11. The van der Waals surface area contributed by atoms with Crippen LogP contribution >= 0.6 is 22.9 Å². The zero-order valence-electron chi connectivity index (χ0n) is 15.4. The molecule has 150 valence electrons. The second-order valence-corrected chi connectivity index (χ2v) is 7.91. The summed E-state index contributed by atoms with van der Waals surface area (Å²) in [6, 6.07) is 14.3. The first kappa shape index (κ1) is 20.9. The Morgan fingerprint density at radius 2 is 1.76 bits per heavy atom. The molecule has 0 aliphatic heterocycles. The lowest BCUT2D eigenvalue weighted by Gasteiger charge is -2.18. The Labute approximate surface area is 176 Å². The molecular formula is C20H18ClFN4O2S. The van der Waals surface area contributed by atoms with Crippen LogP contribution in [0.1, 0.15) is 12.5 Å². The smallest absolute Gasteiger partial charge is 0.249 e. The minimum absolute atomic E-state index is 0.278. The van der Waals surface area contributed by atoms with Crippen LogP contribution in [-0.4, -0.2) is 33.4 Å². The number of nitrogens with one attached hydrogen (secondary N) is 2. The minimum Gasteiger partial charge on any atom is -0.343 e. The van der Waals surface area contributed by atoms with Gasteiger partial charge in [0, 0.05) is 12.0 Å². The number of alkyl halides is 1. The number of benzene rings is 2. The molecule has 0 aliphatic carbocycles. The van der Waals surface area contributed by atoms with Crippen LogP contribution in [0.2, 0.25) is 0 Å². The van der Waals surface area contributed by atoms with Gasteiger partial charge < -0.3 is 5.32 Å². The lowest BCUT2D eigenvalue weighted by Crippen LogP contribution is -2.47. The van der Waals surface area contributed by atoms with E-state index in [-0.39, 0.29) is 10.9 Å². The fourth-order valence-corrected chi connectivity index (χ4v) is 3.34. The highest BCUT2D eigenvalue weighted by atomic mass is 35.5. The maximum atomic E-state index is 13.1. The van der Waals surface area contributed by atoms with Gasteiger partial charge in [-0.15, -0.1) is 21.8 Å². The van der Waals surface area contributed by atoms with Crippen molar-refractivity contribution in [2.24, 2.45) is 0 Å². The fourth-order valence-electron chi connectivity index (χ4n) is 2.52. The summed E-state index contributed by atoms with van der Waals surface area (Å²) >= 11 is 6.99. The Bertz CT molecular complexity index is 980. The van der Waals surface area contributed by atoms with Crippen molar-refractivity contribution in [2.45, 2.75) is 24.8 Å². The van der Waals surface area contributed by atoms with Crippen molar-refractivity contribution in [1.29, 1.82) is 0 Å². The molecule has 0 bridgehead atoms. The largest absolute Gasteiger partial charge is 0.343 e. The van der Waals surface area contributed by atoms with Gasteiger partial charge in [0.2, 0.25) is 16.9 Å². The average Bonchev–Trinajstić information content (AvgIpc) is 3.17. The van der Waals surface area contributed by atoms with E-state index in [0.29, 0.717) is 17.0 Å². The van der Waals surface area contributed by atoms with Crippen molar-refractivity contribution in [1.82, 2.24) is 15.5 Å². The number of halogens is 2. The number of carbonyl (C=O) groups excluding carboxylic acids is 2. The van der Waals surface area contributed by atoms with Crippen molar-refractivity contribution >= 4 is 39.9 Å². The molecule has 2 atom stereocenters. The first-order chi connectivity index (χ1) is 13.9. The highest BCUT2D eigenvalue weighted by Crippen LogP contribution is 2.26. The molecule has 2 amide bonds. The summed E-state index contributed by atoms with van der Waals surface area (Å²) in [5.41, 5.74) is 1.58. The Balaban J connectivity index is 1.73. The molecule has 2 unspecified atom stereocenters. The van der Waals surface area contributed by atoms with Crippen LogP contribution in [0.15, 0.2) is 54.6 Å². The minimum atomic E-state index is -0.829. The lowest BCUT2D eigenvalue weighted by atomic mass is 10.1. The van der Waals surface area contributed by atoms with Crippen LogP contribution in [0.5, 0.6) is 0 Å². The standard InChI is InChI=1S/C20H18ClFN4O2S/c1-12(21)17(27)23-16(11-13-5-3-2-4-6-13)18(28)24-20-26-25-19(29-20)14-7-9-15(22)10-8-14/h2-10,12,16H,11H2,1H3,(H,23,27)(H,24,26,28). The van der Waals surface area contributed by atoms with Crippen LogP contribution in [0, 0.1) is 5.82 Å². The number of hydrogen-bond donors (Lipinski definition) is 2. The molecule has 0 saturated carbocycles. The number of rotatable bonds is 7. The zero-order chi connectivity index (χ0) is 20.8. The van der Waals surface area contributed by atoms with Gasteiger partial charge in [-0.25, -0.2) is 4.39 Å². The summed E-state index contributed by atoms with van der Waals surface area (Å²) in [6.07, 6.45) is 0.297. The molecule has 1 aromatic heterocycles. The summed E-state index contributed by atoms with van der Waals surface area (Å²) < 4.78 is 13.1. The first-order valence-electron chi connectivity index (χ1n) is 8.81. The Morgan fingerprint density at radius 3 is 2.41 bits per heavy atom. The van der Waals surface area contributed by atoms with Crippen LogP contribution in [0.4, 0.5) is 9.52 Å². The van der Waals surface area contributed by atoms with E-state index in [1.54, 1.807) is 12.1 Å². The molecule has 1 heterocycles. The molecule has 9 heteroatoms. The van der Waals surface area contributed by atoms with Gasteiger partial charge in [0.1, 0.15) is 22.2 Å². The highest BCUT2D eigenvalue weighted by molar-refractivity contribution is 7.18. The Morgan fingerprint density at radius 1 is 1.07 bits per heavy atom. The summed E-state index contributed by atoms with van der Waals surface area (Å²) in [7, 11) is 0. The van der Waals surface area contributed by atoms with Gasteiger partial charge in [-0.05, 0) is 36.8 Å². The van der Waals surface area contributed by atoms with Crippen molar-refractivity contribution in [2.75, 3.05) is 5.32 Å². The molecule has 6 nitrogen and oxygen atoms in total. The predicted octanol–water partition coefficient (Wildman–Crippen LogP) is 3.64. The summed E-state index contributed by atoms with van der Waals surface area (Å²) in [4.78, 5) is 24.8. The van der Waals surface area contributed by atoms with E-state index in [9.17, 15) is 14.0 Å². The normalized spacial score (nSPS) is 12.8. The number of aromatic nitrogens is 2. The Kier molecular flexibility index (Phi) is 6.90. The van der Waals surface area contributed by atoms with Crippen molar-refractivity contribution in [3.63, 3.8) is 0 Å². The third-order valence-electron chi connectivity index (χ3n) is 4.02. The van der Waals surface area contributed by atoms with Gasteiger partial charge in [-0.3, -0.25) is 14.9 Å².